The zero-order valence-corrected chi connectivity index (χ0v) is 18.7. The van der Waals surface area contributed by atoms with Gasteiger partial charge in [-0.25, -0.2) is 0 Å². The quantitative estimate of drug-likeness (QED) is 0.393. The SMILES string of the molecule is Cn1cc2ccc(OC(C)(C)Cc3cnc4ccc(OC(C)(C)C)cc4c3)cc2c1. The maximum atomic E-state index is 6.36. The zero-order chi connectivity index (χ0) is 21.5. The minimum atomic E-state index is -0.364. The van der Waals surface area contributed by atoms with Gasteiger partial charge in [-0.05, 0) is 88.0 Å². The lowest BCUT2D eigenvalue weighted by Crippen LogP contribution is -2.31. The third kappa shape index (κ3) is 4.76. The van der Waals surface area contributed by atoms with E-state index in [1.165, 1.54) is 10.8 Å². The second-order valence-electron chi connectivity index (χ2n) is 9.67. The molecule has 0 aliphatic carbocycles. The Morgan fingerprint density at radius 3 is 2.23 bits per heavy atom. The molecule has 4 heteroatoms. The lowest BCUT2D eigenvalue weighted by Gasteiger charge is -2.27. The van der Waals surface area contributed by atoms with Crippen LogP contribution in [0.25, 0.3) is 21.7 Å². The number of hydrogen-bond acceptors (Lipinski definition) is 3. The molecule has 0 aliphatic heterocycles. The van der Waals surface area contributed by atoms with Crippen LogP contribution < -0.4 is 9.47 Å². The van der Waals surface area contributed by atoms with Crippen molar-refractivity contribution in [1.82, 2.24) is 9.55 Å². The van der Waals surface area contributed by atoms with Gasteiger partial charge in [0.2, 0.25) is 0 Å². The highest BCUT2D eigenvalue weighted by Crippen LogP contribution is 2.28. The molecular formula is C26H30N2O2. The maximum absolute atomic E-state index is 6.36. The number of pyridine rings is 1. The van der Waals surface area contributed by atoms with E-state index in [1.807, 2.05) is 31.4 Å². The van der Waals surface area contributed by atoms with E-state index in [0.29, 0.717) is 0 Å². The van der Waals surface area contributed by atoms with Crippen LogP contribution in [0, 0.1) is 0 Å². The van der Waals surface area contributed by atoms with E-state index < -0.39 is 0 Å². The highest BCUT2D eigenvalue weighted by Gasteiger charge is 2.21. The van der Waals surface area contributed by atoms with Gasteiger partial charge in [-0.3, -0.25) is 4.98 Å². The van der Waals surface area contributed by atoms with Gasteiger partial charge < -0.3 is 14.0 Å². The van der Waals surface area contributed by atoms with Gasteiger partial charge >= 0.3 is 0 Å². The summed E-state index contributed by atoms with van der Waals surface area (Å²) in [6, 6.07) is 14.5. The predicted octanol–water partition coefficient (Wildman–Crippen LogP) is 6.30. The van der Waals surface area contributed by atoms with E-state index >= 15 is 0 Å². The van der Waals surface area contributed by atoms with E-state index in [1.54, 1.807) is 0 Å². The normalized spacial score (nSPS) is 12.5. The molecule has 0 saturated carbocycles. The molecule has 0 unspecified atom stereocenters. The average molecular weight is 403 g/mol. The molecule has 156 valence electrons. The Balaban J connectivity index is 1.54. The number of fused-ring (bicyclic) bond motifs is 2. The first-order valence-electron chi connectivity index (χ1n) is 10.4. The van der Waals surface area contributed by atoms with Crippen LogP contribution in [0.2, 0.25) is 0 Å². The molecule has 0 radical (unpaired) electrons. The first-order chi connectivity index (χ1) is 14.1. The highest BCUT2D eigenvalue weighted by atomic mass is 16.5. The summed E-state index contributed by atoms with van der Waals surface area (Å²) in [5.41, 5.74) is 1.51. The number of aryl methyl sites for hydroxylation is 1. The van der Waals surface area contributed by atoms with Crippen LogP contribution in [0.3, 0.4) is 0 Å². The minimum absolute atomic E-state index is 0.228. The molecule has 0 atom stereocenters. The first kappa shape index (κ1) is 20.3. The molecule has 4 nitrogen and oxygen atoms in total. The number of aromatic nitrogens is 2. The van der Waals surface area contributed by atoms with E-state index in [4.69, 9.17) is 9.47 Å². The molecule has 2 aromatic heterocycles. The number of benzene rings is 2. The van der Waals surface area contributed by atoms with Gasteiger partial charge in [0.25, 0.3) is 0 Å². The molecule has 4 rings (SSSR count). The molecule has 2 heterocycles. The number of ether oxygens (including phenoxy) is 2. The third-order valence-corrected chi connectivity index (χ3v) is 4.90. The van der Waals surface area contributed by atoms with Gasteiger partial charge in [0.1, 0.15) is 22.7 Å². The fourth-order valence-corrected chi connectivity index (χ4v) is 3.84. The fraction of sp³-hybridized carbons (Fsp3) is 0.346. The minimum Gasteiger partial charge on any atom is -0.488 e. The van der Waals surface area contributed by atoms with Crippen molar-refractivity contribution in [3.8, 4) is 11.5 Å². The van der Waals surface area contributed by atoms with Gasteiger partial charge in [0.05, 0.1) is 5.52 Å². The Hall–Kier alpha value is -3.01. The molecule has 0 bridgehead atoms. The Bertz CT molecular complexity index is 1200. The summed E-state index contributed by atoms with van der Waals surface area (Å²) >= 11 is 0. The molecule has 0 spiro atoms. The average Bonchev–Trinajstić information content (AvgIpc) is 2.98. The van der Waals surface area contributed by atoms with Gasteiger partial charge in [0, 0.05) is 42.8 Å². The van der Waals surface area contributed by atoms with Crippen LogP contribution in [0.4, 0.5) is 0 Å². The molecule has 0 N–H and O–H groups in total. The van der Waals surface area contributed by atoms with E-state index in [9.17, 15) is 0 Å². The fourth-order valence-electron chi connectivity index (χ4n) is 3.84. The number of hydrogen-bond donors (Lipinski definition) is 0. The smallest absolute Gasteiger partial charge is 0.120 e. The van der Waals surface area contributed by atoms with Crippen molar-refractivity contribution >= 4 is 21.7 Å². The summed E-state index contributed by atoms with van der Waals surface area (Å²) in [5, 5.41) is 3.48. The Labute approximate surface area is 178 Å². The van der Waals surface area contributed by atoms with Crippen molar-refractivity contribution in [1.29, 1.82) is 0 Å². The molecule has 4 aromatic rings. The molecular weight excluding hydrogens is 372 g/mol. The van der Waals surface area contributed by atoms with Gasteiger partial charge in [-0.1, -0.05) is 0 Å². The first-order valence-corrected chi connectivity index (χ1v) is 10.4. The van der Waals surface area contributed by atoms with Crippen LogP contribution in [-0.2, 0) is 13.5 Å². The summed E-state index contributed by atoms with van der Waals surface area (Å²) in [4.78, 5) is 4.64. The summed E-state index contributed by atoms with van der Waals surface area (Å²) < 4.78 is 14.4. The lowest BCUT2D eigenvalue weighted by atomic mass is 9.98. The molecule has 0 amide bonds. The van der Waals surface area contributed by atoms with Crippen LogP contribution in [0.1, 0.15) is 40.2 Å². The standard InChI is InChI=1S/C26H30N2O2/c1-25(2,3)29-22-9-10-24-20(12-22)11-18(15-27-24)14-26(4,5)30-23-8-7-19-16-28(6)17-21(19)13-23/h7-13,15-17H,14H2,1-6H3. The van der Waals surface area contributed by atoms with Crippen molar-refractivity contribution in [3.05, 3.63) is 66.6 Å². The van der Waals surface area contributed by atoms with Crippen molar-refractivity contribution < 1.29 is 9.47 Å². The monoisotopic (exact) mass is 402 g/mol. The van der Waals surface area contributed by atoms with Crippen LogP contribution in [0.5, 0.6) is 11.5 Å². The van der Waals surface area contributed by atoms with Gasteiger partial charge in [-0.15, -0.1) is 0 Å². The Kier molecular flexibility index (Phi) is 4.97. The maximum Gasteiger partial charge on any atom is 0.120 e. The van der Waals surface area contributed by atoms with Crippen molar-refractivity contribution in [2.45, 2.75) is 52.2 Å². The summed E-state index contributed by atoms with van der Waals surface area (Å²) in [5.74, 6) is 1.74. The van der Waals surface area contributed by atoms with Crippen molar-refractivity contribution in [2.24, 2.45) is 7.05 Å². The molecule has 0 fully saturated rings. The third-order valence-electron chi connectivity index (χ3n) is 4.90. The molecule has 0 aliphatic rings. The van der Waals surface area contributed by atoms with Gasteiger partial charge in [-0.2, -0.15) is 0 Å². The highest BCUT2D eigenvalue weighted by molar-refractivity contribution is 5.83. The Morgan fingerprint density at radius 1 is 0.800 bits per heavy atom. The van der Waals surface area contributed by atoms with Crippen molar-refractivity contribution in [3.63, 3.8) is 0 Å². The molecule has 30 heavy (non-hydrogen) atoms. The largest absolute Gasteiger partial charge is 0.488 e. The van der Waals surface area contributed by atoms with E-state index in [-0.39, 0.29) is 11.2 Å². The Morgan fingerprint density at radius 2 is 1.47 bits per heavy atom. The molecule has 0 saturated heterocycles. The van der Waals surface area contributed by atoms with Crippen LogP contribution in [0.15, 0.2) is 61.1 Å². The lowest BCUT2D eigenvalue weighted by molar-refractivity contribution is 0.110. The van der Waals surface area contributed by atoms with Crippen molar-refractivity contribution in [2.75, 3.05) is 0 Å². The van der Waals surface area contributed by atoms with E-state index in [0.717, 1.165) is 34.4 Å². The second-order valence-corrected chi connectivity index (χ2v) is 9.67. The molecule has 2 aromatic carbocycles. The summed E-state index contributed by atoms with van der Waals surface area (Å²) in [7, 11) is 2.04. The summed E-state index contributed by atoms with van der Waals surface area (Å²) in [6.45, 7) is 10.4. The number of rotatable bonds is 5. The van der Waals surface area contributed by atoms with Crippen LogP contribution in [-0.4, -0.2) is 20.8 Å². The number of nitrogens with zero attached hydrogens (tertiary/aromatic N) is 2. The summed E-state index contributed by atoms with van der Waals surface area (Å²) in [6.07, 6.45) is 6.92. The second kappa shape index (κ2) is 7.35. The topological polar surface area (TPSA) is 36.3 Å². The zero-order valence-electron chi connectivity index (χ0n) is 18.7. The van der Waals surface area contributed by atoms with Crippen LogP contribution >= 0.6 is 0 Å². The van der Waals surface area contributed by atoms with Gasteiger partial charge in [0.15, 0.2) is 0 Å². The predicted molar refractivity (Wildman–Crippen MR) is 123 cm³/mol. The van der Waals surface area contributed by atoms with E-state index in [2.05, 4.69) is 80.8 Å².